The van der Waals surface area contributed by atoms with Crippen LogP contribution in [-0.2, 0) is 0 Å². The first-order valence-corrected chi connectivity index (χ1v) is 5.80. The lowest BCUT2D eigenvalue weighted by Gasteiger charge is -2.27. The summed E-state index contributed by atoms with van der Waals surface area (Å²) in [7, 11) is 2.12. The van der Waals surface area contributed by atoms with Crippen molar-refractivity contribution in [2.45, 2.75) is 13.1 Å². The van der Waals surface area contributed by atoms with Crippen molar-refractivity contribution in [3.8, 4) is 0 Å². The number of pyridine rings is 1. The highest BCUT2D eigenvalue weighted by atomic mass is 15.4. The third kappa shape index (κ3) is 1.46. The molecule has 1 aliphatic heterocycles. The molecule has 0 aliphatic carbocycles. The normalized spacial score (nSPS) is 18.4. The molecular formula is C14H15N3. The summed E-state index contributed by atoms with van der Waals surface area (Å²) >= 11 is 0. The lowest BCUT2D eigenvalue weighted by atomic mass is 10.2. The number of nitrogens with zero attached hydrogens (tertiary/aromatic N) is 3. The number of fused-ring (bicyclic) bond motifs is 1. The number of para-hydroxylation sites is 1. The standard InChI is InChI=1S/C14H15N3/c1-11-16(2)13-8-9-15-10-14(13)17(11)12-6-4-3-5-7-12/h3-11H,1-2H3/t11-/m0/s1. The molecule has 0 fully saturated rings. The van der Waals surface area contributed by atoms with Crippen LogP contribution in [0.25, 0.3) is 0 Å². The van der Waals surface area contributed by atoms with Crippen molar-refractivity contribution in [1.82, 2.24) is 4.98 Å². The van der Waals surface area contributed by atoms with E-state index < -0.39 is 0 Å². The fraction of sp³-hybridized carbons (Fsp3) is 0.214. The molecule has 86 valence electrons. The van der Waals surface area contributed by atoms with Crippen LogP contribution in [0.3, 0.4) is 0 Å². The van der Waals surface area contributed by atoms with Gasteiger partial charge in [0.25, 0.3) is 0 Å². The largest absolute Gasteiger partial charge is 0.352 e. The van der Waals surface area contributed by atoms with Gasteiger partial charge in [-0.1, -0.05) is 18.2 Å². The molecule has 3 heteroatoms. The molecule has 3 nitrogen and oxygen atoms in total. The van der Waals surface area contributed by atoms with Crippen molar-refractivity contribution in [3.63, 3.8) is 0 Å². The minimum absolute atomic E-state index is 0.316. The van der Waals surface area contributed by atoms with Crippen molar-refractivity contribution >= 4 is 17.1 Å². The van der Waals surface area contributed by atoms with Gasteiger partial charge in [-0.05, 0) is 25.1 Å². The summed E-state index contributed by atoms with van der Waals surface area (Å²) in [5, 5.41) is 0. The summed E-state index contributed by atoms with van der Waals surface area (Å²) < 4.78 is 0. The molecule has 0 amide bonds. The first-order chi connectivity index (χ1) is 8.29. The van der Waals surface area contributed by atoms with E-state index in [0.29, 0.717) is 6.17 Å². The Morgan fingerprint density at radius 3 is 2.59 bits per heavy atom. The average molecular weight is 225 g/mol. The predicted octanol–water partition coefficient (Wildman–Crippen LogP) is 3.02. The second-order valence-electron chi connectivity index (χ2n) is 4.31. The number of rotatable bonds is 1. The molecule has 0 saturated carbocycles. The number of anilines is 3. The van der Waals surface area contributed by atoms with Crippen molar-refractivity contribution < 1.29 is 0 Å². The third-order valence-corrected chi connectivity index (χ3v) is 3.39. The lowest BCUT2D eigenvalue weighted by Crippen LogP contribution is -2.35. The fourth-order valence-corrected chi connectivity index (χ4v) is 2.38. The van der Waals surface area contributed by atoms with Crippen LogP contribution >= 0.6 is 0 Å². The zero-order valence-corrected chi connectivity index (χ0v) is 10.0. The molecule has 0 unspecified atom stereocenters. The molecule has 17 heavy (non-hydrogen) atoms. The molecule has 3 rings (SSSR count). The second-order valence-corrected chi connectivity index (χ2v) is 4.31. The van der Waals surface area contributed by atoms with E-state index in [4.69, 9.17) is 0 Å². The van der Waals surface area contributed by atoms with Crippen LogP contribution in [0.1, 0.15) is 6.92 Å². The maximum absolute atomic E-state index is 4.23. The van der Waals surface area contributed by atoms with Crippen molar-refractivity contribution in [2.24, 2.45) is 0 Å². The monoisotopic (exact) mass is 225 g/mol. The van der Waals surface area contributed by atoms with Crippen molar-refractivity contribution in [3.05, 3.63) is 48.8 Å². The van der Waals surface area contributed by atoms with Crippen LogP contribution < -0.4 is 9.80 Å². The molecule has 0 radical (unpaired) electrons. The Hall–Kier alpha value is -2.03. The van der Waals surface area contributed by atoms with Gasteiger partial charge in [-0.15, -0.1) is 0 Å². The van der Waals surface area contributed by atoms with Crippen LogP contribution in [-0.4, -0.2) is 18.2 Å². The van der Waals surface area contributed by atoms with E-state index in [9.17, 15) is 0 Å². The molecule has 0 spiro atoms. The first-order valence-electron chi connectivity index (χ1n) is 5.80. The maximum atomic E-state index is 4.23. The Morgan fingerprint density at radius 1 is 1.06 bits per heavy atom. The third-order valence-electron chi connectivity index (χ3n) is 3.39. The Balaban J connectivity index is 2.13. The number of hydrogen-bond donors (Lipinski definition) is 0. The highest BCUT2D eigenvalue weighted by Crippen LogP contribution is 2.42. The Bertz CT molecular complexity index is 524. The van der Waals surface area contributed by atoms with E-state index in [-0.39, 0.29) is 0 Å². The summed E-state index contributed by atoms with van der Waals surface area (Å²) in [5.41, 5.74) is 3.61. The van der Waals surface area contributed by atoms with E-state index in [1.807, 2.05) is 18.5 Å². The van der Waals surface area contributed by atoms with E-state index in [2.05, 4.69) is 59.1 Å². The van der Waals surface area contributed by atoms with Crippen LogP contribution in [0.4, 0.5) is 17.1 Å². The van der Waals surface area contributed by atoms with Gasteiger partial charge in [-0.2, -0.15) is 0 Å². The van der Waals surface area contributed by atoms with Crippen LogP contribution in [0.5, 0.6) is 0 Å². The van der Waals surface area contributed by atoms with E-state index in [1.54, 1.807) is 0 Å². The van der Waals surface area contributed by atoms with E-state index in [0.717, 1.165) is 0 Å². The minimum Gasteiger partial charge on any atom is -0.352 e. The molecule has 1 aromatic heterocycles. The quantitative estimate of drug-likeness (QED) is 0.743. The van der Waals surface area contributed by atoms with Gasteiger partial charge < -0.3 is 9.80 Å². The highest BCUT2D eigenvalue weighted by molar-refractivity contribution is 5.82. The van der Waals surface area contributed by atoms with E-state index in [1.165, 1.54) is 17.1 Å². The molecule has 1 atom stereocenters. The van der Waals surface area contributed by atoms with E-state index >= 15 is 0 Å². The minimum atomic E-state index is 0.316. The Kier molecular flexibility index (Phi) is 2.25. The maximum Gasteiger partial charge on any atom is 0.103 e. The summed E-state index contributed by atoms with van der Waals surface area (Å²) in [6.07, 6.45) is 4.09. The molecule has 1 aliphatic rings. The van der Waals surface area contributed by atoms with Gasteiger partial charge in [0.05, 0.1) is 17.6 Å². The van der Waals surface area contributed by atoms with Gasteiger partial charge in [0.1, 0.15) is 6.17 Å². The van der Waals surface area contributed by atoms with Gasteiger partial charge in [0, 0.05) is 18.9 Å². The van der Waals surface area contributed by atoms with Crippen molar-refractivity contribution in [1.29, 1.82) is 0 Å². The zero-order valence-electron chi connectivity index (χ0n) is 10.0. The zero-order chi connectivity index (χ0) is 11.8. The average Bonchev–Trinajstić information content (AvgIpc) is 2.64. The van der Waals surface area contributed by atoms with Crippen LogP contribution in [0, 0.1) is 0 Å². The molecule has 0 saturated heterocycles. The Morgan fingerprint density at radius 2 is 1.82 bits per heavy atom. The van der Waals surface area contributed by atoms with Crippen LogP contribution in [0.15, 0.2) is 48.8 Å². The molecule has 2 heterocycles. The fourth-order valence-electron chi connectivity index (χ4n) is 2.38. The SMILES string of the molecule is C[C@H]1N(C)c2ccncc2N1c1ccccc1. The summed E-state index contributed by atoms with van der Waals surface area (Å²) in [4.78, 5) is 8.81. The summed E-state index contributed by atoms with van der Waals surface area (Å²) in [5.74, 6) is 0. The van der Waals surface area contributed by atoms with Crippen LogP contribution in [0.2, 0.25) is 0 Å². The smallest absolute Gasteiger partial charge is 0.103 e. The van der Waals surface area contributed by atoms with Crippen molar-refractivity contribution in [2.75, 3.05) is 16.8 Å². The topological polar surface area (TPSA) is 19.4 Å². The number of benzene rings is 1. The van der Waals surface area contributed by atoms with Gasteiger partial charge in [-0.3, -0.25) is 4.98 Å². The van der Waals surface area contributed by atoms with Gasteiger partial charge >= 0.3 is 0 Å². The molecule has 1 aromatic carbocycles. The second kappa shape index (κ2) is 3.77. The summed E-state index contributed by atoms with van der Waals surface area (Å²) in [6.45, 7) is 2.20. The first kappa shape index (κ1) is 10.1. The predicted molar refractivity (Wildman–Crippen MR) is 70.7 cm³/mol. The number of aromatic nitrogens is 1. The Labute approximate surface area is 101 Å². The molecular weight excluding hydrogens is 210 g/mol. The lowest BCUT2D eigenvalue weighted by molar-refractivity contribution is 0.734. The van der Waals surface area contributed by atoms with Gasteiger partial charge in [0.15, 0.2) is 0 Å². The number of hydrogen-bond acceptors (Lipinski definition) is 3. The summed E-state index contributed by atoms with van der Waals surface area (Å²) in [6, 6.07) is 12.5. The van der Waals surface area contributed by atoms with Gasteiger partial charge in [0.2, 0.25) is 0 Å². The van der Waals surface area contributed by atoms with Gasteiger partial charge in [-0.25, -0.2) is 0 Å². The molecule has 0 N–H and O–H groups in total. The highest BCUT2D eigenvalue weighted by Gasteiger charge is 2.31. The molecule has 0 bridgehead atoms. The molecule has 2 aromatic rings.